The maximum absolute atomic E-state index is 12.9. The van der Waals surface area contributed by atoms with E-state index in [0.29, 0.717) is 31.3 Å². The lowest BCUT2D eigenvalue weighted by Gasteiger charge is -2.28. The Morgan fingerprint density at radius 2 is 2.04 bits per heavy atom. The average Bonchev–Trinajstić information content (AvgIpc) is 2.97. The van der Waals surface area contributed by atoms with Crippen molar-refractivity contribution in [2.75, 3.05) is 19.3 Å². The van der Waals surface area contributed by atoms with E-state index in [9.17, 15) is 12.8 Å². The monoisotopic (exact) mass is 339 g/mol. The van der Waals surface area contributed by atoms with Gasteiger partial charge in [0.1, 0.15) is 5.82 Å². The number of nitrogens with zero attached hydrogens (tertiary/aromatic N) is 3. The molecule has 8 heteroatoms. The van der Waals surface area contributed by atoms with Crippen molar-refractivity contribution in [3.8, 4) is 0 Å². The molecule has 1 fully saturated rings. The van der Waals surface area contributed by atoms with Crippen LogP contribution in [0.3, 0.4) is 0 Å². The van der Waals surface area contributed by atoms with Crippen molar-refractivity contribution in [2.24, 2.45) is 0 Å². The molecule has 1 aromatic heterocycles. The summed E-state index contributed by atoms with van der Waals surface area (Å²) < 4.78 is 43.4. The summed E-state index contributed by atoms with van der Waals surface area (Å²) in [4.78, 5) is 0. The molecule has 2 aromatic rings. The lowest BCUT2D eigenvalue weighted by atomic mass is 10.00. The number of rotatable bonds is 4. The third kappa shape index (κ3) is 3.94. The van der Waals surface area contributed by atoms with E-state index in [2.05, 4.69) is 10.2 Å². The first-order chi connectivity index (χ1) is 10.9. The van der Waals surface area contributed by atoms with Gasteiger partial charge in [0.05, 0.1) is 18.6 Å². The number of hydrogen-bond acceptors (Lipinski definition) is 5. The van der Waals surface area contributed by atoms with Crippen LogP contribution < -0.4 is 0 Å². The maximum atomic E-state index is 12.9. The van der Waals surface area contributed by atoms with Gasteiger partial charge in [0.2, 0.25) is 21.8 Å². The van der Waals surface area contributed by atoms with Gasteiger partial charge in [-0.15, -0.1) is 10.2 Å². The molecule has 3 rings (SSSR count). The van der Waals surface area contributed by atoms with Crippen molar-refractivity contribution in [1.29, 1.82) is 0 Å². The highest BCUT2D eigenvalue weighted by Crippen LogP contribution is 2.27. The van der Waals surface area contributed by atoms with Crippen LogP contribution in [0, 0.1) is 5.82 Å². The van der Waals surface area contributed by atoms with E-state index in [-0.39, 0.29) is 11.7 Å². The average molecular weight is 339 g/mol. The first kappa shape index (κ1) is 16.1. The Labute approximate surface area is 134 Å². The van der Waals surface area contributed by atoms with Crippen molar-refractivity contribution in [3.05, 3.63) is 47.4 Å². The summed E-state index contributed by atoms with van der Waals surface area (Å²) in [6.45, 7) is 0.906. The van der Waals surface area contributed by atoms with Crippen molar-refractivity contribution in [2.45, 2.75) is 25.2 Å². The smallest absolute Gasteiger partial charge is 0.220 e. The zero-order valence-corrected chi connectivity index (χ0v) is 13.6. The predicted octanol–water partition coefficient (Wildman–Crippen LogP) is 1.94. The summed E-state index contributed by atoms with van der Waals surface area (Å²) in [5.41, 5.74) is 0.878. The van der Waals surface area contributed by atoms with E-state index in [1.807, 2.05) is 0 Å². The van der Waals surface area contributed by atoms with Crippen LogP contribution in [0.2, 0.25) is 0 Å². The zero-order valence-electron chi connectivity index (χ0n) is 12.8. The summed E-state index contributed by atoms with van der Waals surface area (Å²) in [7, 11) is -3.20. The van der Waals surface area contributed by atoms with Gasteiger partial charge >= 0.3 is 0 Å². The third-order valence-corrected chi connectivity index (χ3v) is 5.22. The summed E-state index contributed by atoms with van der Waals surface area (Å²) in [6, 6.07) is 6.12. The minimum Gasteiger partial charge on any atom is -0.425 e. The summed E-state index contributed by atoms with van der Waals surface area (Å²) >= 11 is 0. The Kier molecular flexibility index (Phi) is 4.45. The van der Waals surface area contributed by atoms with E-state index >= 15 is 0 Å². The molecule has 1 aromatic carbocycles. The summed E-state index contributed by atoms with van der Waals surface area (Å²) in [5.74, 6) is 0.550. The van der Waals surface area contributed by atoms with Crippen LogP contribution in [0.4, 0.5) is 4.39 Å². The number of halogens is 1. The van der Waals surface area contributed by atoms with Gasteiger partial charge in [-0.05, 0) is 30.5 Å². The van der Waals surface area contributed by atoms with E-state index in [0.717, 1.165) is 18.4 Å². The van der Waals surface area contributed by atoms with Gasteiger partial charge in [-0.1, -0.05) is 12.1 Å². The highest BCUT2D eigenvalue weighted by atomic mass is 32.2. The molecule has 0 saturated carbocycles. The topological polar surface area (TPSA) is 76.3 Å². The molecule has 1 unspecified atom stereocenters. The standard InChI is InChI=1S/C15H18FN3O3S/c1-23(20,21)19-8-2-3-12(10-19)15-18-17-14(22-15)9-11-4-6-13(16)7-5-11/h4-7,12H,2-3,8-10H2,1H3. The molecular weight excluding hydrogens is 321 g/mol. The summed E-state index contributed by atoms with van der Waals surface area (Å²) in [5, 5.41) is 8.08. The van der Waals surface area contributed by atoms with Gasteiger partial charge in [0, 0.05) is 13.1 Å². The molecule has 1 atom stereocenters. The van der Waals surface area contributed by atoms with Crippen molar-refractivity contribution < 1.29 is 17.2 Å². The van der Waals surface area contributed by atoms with Crippen LogP contribution in [0.1, 0.15) is 36.1 Å². The Morgan fingerprint density at radius 3 is 2.74 bits per heavy atom. The van der Waals surface area contributed by atoms with Crippen LogP contribution in [-0.4, -0.2) is 42.3 Å². The molecule has 1 aliphatic heterocycles. The van der Waals surface area contributed by atoms with E-state index < -0.39 is 10.0 Å². The summed E-state index contributed by atoms with van der Waals surface area (Å²) in [6.07, 6.45) is 3.23. The molecule has 1 saturated heterocycles. The number of hydrogen-bond donors (Lipinski definition) is 0. The second-order valence-electron chi connectivity index (χ2n) is 5.80. The number of sulfonamides is 1. The van der Waals surface area contributed by atoms with Gasteiger partial charge in [0.25, 0.3) is 0 Å². The minimum absolute atomic E-state index is 0.0760. The Bertz CT molecular complexity index is 774. The normalized spacial score (nSPS) is 19.8. The first-order valence-electron chi connectivity index (χ1n) is 7.43. The minimum atomic E-state index is -3.20. The first-order valence-corrected chi connectivity index (χ1v) is 9.28. The van der Waals surface area contributed by atoms with E-state index in [1.165, 1.54) is 22.7 Å². The molecule has 0 N–H and O–H groups in total. The SMILES string of the molecule is CS(=O)(=O)N1CCCC(c2nnc(Cc3ccc(F)cc3)o2)C1. The highest BCUT2D eigenvalue weighted by Gasteiger charge is 2.30. The number of aromatic nitrogens is 2. The van der Waals surface area contributed by atoms with Crippen LogP contribution in [0.15, 0.2) is 28.7 Å². The van der Waals surface area contributed by atoms with Gasteiger partial charge in [-0.3, -0.25) is 0 Å². The third-order valence-electron chi connectivity index (χ3n) is 3.95. The molecule has 0 spiro atoms. The van der Waals surface area contributed by atoms with Gasteiger partial charge in [-0.25, -0.2) is 17.1 Å². The van der Waals surface area contributed by atoms with Crippen molar-refractivity contribution in [3.63, 3.8) is 0 Å². The number of benzene rings is 1. The van der Waals surface area contributed by atoms with Crippen molar-refractivity contribution >= 4 is 10.0 Å². The Morgan fingerprint density at radius 1 is 1.30 bits per heavy atom. The molecule has 1 aliphatic rings. The molecule has 6 nitrogen and oxygen atoms in total. The van der Waals surface area contributed by atoms with Gasteiger partial charge in [-0.2, -0.15) is 0 Å². The quantitative estimate of drug-likeness (QED) is 0.851. The van der Waals surface area contributed by atoms with Crippen molar-refractivity contribution in [1.82, 2.24) is 14.5 Å². The van der Waals surface area contributed by atoms with Crippen LogP contribution in [0.25, 0.3) is 0 Å². The fourth-order valence-corrected chi connectivity index (χ4v) is 3.64. The molecule has 0 amide bonds. The second kappa shape index (κ2) is 6.37. The second-order valence-corrected chi connectivity index (χ2v) is 7.78. The lowest BCUT2D eigenvalue weighted by Crippen LogP contribution is -2.38. The Hall–Kier alpha value is -1.80. The van der Waals surface area contributed by atoms with Gasteiger partial charge < -0.3 is 4.42 Å². The molecule has 0 radical (unpaired) electrons. The predicted molar refractivity (Wildman–Crippen MR) is 81.9 cm³/mol. The molecule has 0 bridgehead atoms. The molecule has 23 heavy (non-hydrogen) atoms. The fraction of sp³-hybridized carbons (Fsp3) is 0.467. The largest absolute Gasteiger partial charge is 0.425 e. The zero-order chi connectivity index (χ0) is 16.4. The fourth-order valence-electron chi connectivity index (χ4n) is 2.73. The molecule has 2 heterocycles. The highest BCUT2D eigenvalue weighted by molar-refractivity contribution is 7.88. The lowest BCUT2D eigenvalue weighted by molar-refractivity contribution is 0.283. The number of piperidine rings is 1. The molecular formula is C15H18FN3O3S. The van der Waals surface area contributed by atoms with Crippen LogP contribution in [-0.2, 0) is 16.4 Å². The molecule has 124 valence electrons. The van der Waals surface area contributed by atoms with E-state index in [4.69, 9.17) is 4.42 Å². The maximum Gasteiger partial charge on any atom is 0.220 e. The van der Waals surface area contributed by atoms with E-state index in [1.54, 1.807) is 12.1 Å². The Balaban J connectivity index is 1.70. The molecule has 0 aliphatic carbocycles. The van der Waals surface area contributed by atoms with Crippen LogP contribution in [0.5, 0.6) is 0 Å². The van der Waals surface area contributed by atoms with Gasteiger partial charge in [0.15, 0.2) is 0 Å². The van der Waals surface area contributed by atoms with Crippen LogP contribution >= 0.6 is 0 Å².